The van der Waals surface area contributed by atoms with Crippen LogP contribution >= 0.6 is 0 Å². The molecule has 1 heterocycles. The third kappa shape index (κ3) is 4.94. The minimum atomic E-state index is 0.587. The van der Waals surface area contributed by atoms with Gasteiger partial charge in [-0.05, 0) is 43.7 Å². The topological polar surface area (TPSA) is 57.2 Å². The van der Waals surface area contributed by atoms with E-state index in [9.17, 15) is 0 Å². The molecule has 6 nitrogen and oxygen atoms in total. The summed E-state index contributed by atoms with van der Waals surface area (Å²) in [4.78, 5) is 8.88. The summed E-state index contributed by atoms with van der Waals surface area (Å²) >= 11 is 0. The van der Waals surface area contributed by atoms with Crippen LogP contribution in [0.25, 0.3) is 0 Å². The molecule has 3 aromatic rings. The molecule has 0 radical (unpaired) electrons. The summed E-state index contributed by atoms with van der Waals surface area (Å²) in [6.45, 7) is 7.04. The van der Waals surface area contributed by atoms with Crippen LogP contribution < -0.4 is 15.1 Å². The van der Waals surface area contributed by atoms with E-state index in [0.717, 1.165) is 25.3 Å². The monoisotopic (exact) mass is 362 g/mol. The van der Waals surface area contributed by atoms with E-state index >= 15 is 0 Å². The molecule has 0 aliphatic rings. The summed E-state index contributed by atoms with van der Waals surface area (Å²) in [5.74, 6) is 1.26. The van der Waals surface area contributed by atoms with E-state index in [0.29, 0.717) is 11.8 Å². The number of aromatic nitrogens is 3. The Morgan fingerprint density at radius 2 is 1.63 bits per heavy atom. The second-order valence-corrected chi connectivity index (χ2v) is 6.33. The number of benzene rings is 2. The average molecular weight is 362 g/mol. The molecule has 0 bridgehead atoms. The first-order valence-electron chi connectivity index (χ1n) is 9.26. The molecule has 0 aliphatic heterocycles. The lowest BCUT2D eigenvalue weighted by atomic mass is 10.2. The molecule has 0 saturated heterocycles. The van der Waals surface area contributed by atoms with E-state index in [1.807, 2.05) is 30.1 Å². The van der Waals surface area contributed by atoms with E-state index in [-0.39, 0.29) is 0 Å². The van der Waals surface area contributed by atoms with Crippen molar-refractivity contribution in [3.8, 4) is 0 Å². The molecular weight excluding hydrogens is 336 g/mol. The second kappa shape index (κ2) is 8.98. The number of nitrogens with zero attached hydrogens (tertiary/aromatic N) is 5. The van der Waals surface area contributed by atoms with Crippen molar-refractivity contribution in [2.45, 2.75) is 20.4 Å². The lowest BCUT2D eigenvalue weighted by Crippen LogP contribution is -2.21. The Morgan fingerprint density at radius 3 is 2.30 bits per heavy atom. The number of hydrogen-bond donors (Lipinski definition) is 1. The van der Waals surface area contributed by atoms with Crippen LogP contribution in [0.3, 0.4) is 0 Å². The Balaban J connectivity index is 1.68. The molecule has 0 unspecified atom stereocenters. The number of hydrogen-bond acceptors (Lipinski definition) is 6. The zero-order valence-corrected chi connectivity index (χ0v) is 16.1. The molecule has 0 atom stereocenters. The van der Waals surface area contributed by atoms with Gasteiger partial charge in [0.15, 0.2) is 5.82 Å². The Morgan fingerprint density at radius 1 is 0.926 bits per heavy atom. The predicted molar refractivity (Wildman–Crippen MR) is 112 cm³/mol. The zero-order chi connectivity index (χ0) is 19.1. The zero-order valence-electron chi connectivity index (χ0n) is 16.1. The van der Waals surface area contributed by atoms with E-state index in [1.54, 1.807) is 6.20 Å². The molecule has 1 aromatic heterocycles. The van der Waals surface area contributed by atoms with Crippen LogP contribution in [0.2, 0.25) is 0 Å². The summed E-state index contributed by atoms with van der Waals surface area (Å²) in [7, 11) is 1.96. The van der Waals surface area contributed by atoms with Crippen LogP contribution in [0, 0.1) is 0 Å². The maximum Gasteiger partial charge on any atom is 0.247 e. The van der Waals surface area contributed by atoms with Crippen molar-refractivity contribution in [2.24, 2.45) is 0 Å². The summed E-state index contributed by atoms with van der Waals surface area (Å²) in [5, 5.41) is 11.6. The van der Waals surface area contributed by atoms with Crippen molar-refractivity contribution in [2.75, 3.05) is 35.3 Å². The molecule has 0 aliphatic carbocycles. The molecule has 0 saturated carbocycles. The largest absolute Gasteiger partial charge is 0.372 e. The summed E-state index contributed by atoms with van der Waals surface area (Å²) in [6.07, 6.45) is 1.64. The van der Waals surface area contributed by atoms with Gasteiger partial charge >= 0.3 is 0 Å². The quantitative estimate of drug-likeness (QED) is 0.651. The normalized spacial score (nSPS) is 10.5. The van der Waals surface area contributed by atoms with Gasteiger partial charge in [0.2, 0.25) is 5.95 Å². The van der Waals surface area contributed by atoms with Crippen molar-refractivity contribution in [3.63, 3.8) is 0 Å². The standard InChI is InChI=1S/C21H26N6/c1-4-27(5-2)19-13-11-18(12-14-19)23-20-15-22-25-21(24-20)26(3)16-17-9-7-6-8-10-17/h6-15H,4-5,16H2,1-3H3,(H,23,24,25). The maximum atomic E-state index is 4.58. The molecule has 0 fully saturated rings. The highest BCUT2D eigenvalue weighted by Gasteiger charge is 2.08. The van der Waals surface area contributed by atoms with Gasteiger partial charge < -0.3 is 15.1 Å². The Hall–Kier alpha value is -3.15. The van der Waals surface area contributed by atoms with E-state index < -0.39 is 0 Å². The van der Waals surface area contributed by atoms with Crippen molar-refractivity contribution < 1.29 is 0 Å². The lowest BCUT2D eigenvalue weighted by Gasteiger charge is -2.21. The van der Waals surface area contributed by atoms with E-state index in [2.05, 4.69) is 75.6 Å². The fraction of sp³-hybridized carbons (Fsp3) is 0.286. The van der Waals surface area contributed by atoms with Crippen LogP contribution in [0.15, 0.2) is 60.8 Å². The number of rotatable bonds is 8. The van der Waals surface area contributed by atoms with Crippen LogP contribution in [0.1, 0.15) is 19.4 Å². The fourth-order valence-electron chi connectivity index (χ4n) is 2.94. The highest BCUT2D eigenvalue weighted by molar-refractivity contribution is 5.60. The van der Waals surface area contributed by atoms with E-state index in [1.165, 1.54) is 11.3 Å². The second-order valence-electron chi connectivity index (χ2n) is 6.33. The number of nitrogens with one attached hydrogen (secondary N) is 1. The Kier molecular flexibility index (Phi) is 6.20. The third-order valence-corrected chi connectivity index (χ3v) is 4.42. The van der Waals surface area contributed by atoms with Crippen LogP contribution in [-0.2, 0) is 6.54 Å². The smallest absolute Gasteiger partial charge is 0.247 e. The first kappa shape index (κ1) is 18.6. The minimum Gasteiger partial charge on any atom is -0.372 e. The molecule has 27 heavy (non-hydrogen) atoms. The first-order valence-corrected chi connectivity index (χ1v) is 9.26. The molecule has 0 amide bonds. The summed E-state index contributed by atoms with van der Waals surface area (Å²) in [6, 6.07) is 18.6. The highest BCUT2D eigenvalue weighted by atomic mass is 15.3. The van der Waals surface area contributed by atoms with Crippen molar-refractivity contribution >= 4 is 23.1 Å². The Labute approximate surface area is 160 Å². The van der Waals surface area contributed by atoms with Gasteiger partial charge in [0, 0.05) is 38.1 Å². The van der Waals surface area contributed by atoms with Gasteiger partial charge in [0.1, 0.15) is 0 Å². The van der Waals surface area contributed by atoms with Gasteiger partial charge in [-0.2, -0.15) is 10.1 Å². The Bertz CT molecular complexity index is 831. The molecular formula is C21H26N6. The van der Waals surface area contributed by atoms with Gasteiger partial charge in [-0.1, -0.05) is 30.3 Å². The molecule has 140 valence electrons. The van der Waals surface area contributed by atoms with Crippen molar-refractivity contribution in [1.29, 1.82) is 0 Å². The van der Waals surface area contributed by atoms with Gasteiger partial charge in [0.05, 0.1) is 6.20 Å². The molecule has 0 spiro atoms. The van der Waals surface area contributed by atoms with Crippen LogP contribution in [0.5, 0.6) is 0 Å². The third-order valence-electron chi connectivity index (χ3n) is 4.42. The lowest BCUT2D eigenvalue weighted by molar-refractivity contribution is 0.831. The van der Waals surface area contributed by atoms with E-state index in [4.69, 9.17) is 0 Å². The van der Waals surface area contributed by atoms with Crippen LogP contribution in [-0.4, -0.2) is 35.3 Å². The van der Waals surface area contributed by atoms with Crippen molar-refractivity contribution in [3.05, 3.63) is 66.4 Å². The number of anilines is 4. The van der Waals surface area contributed by atoms with Crippen LogP contribution in [0.4, 0.5) is 23.1 Å². The molecule has 1 N–H and O–H groups in total. The summed E-state index contributed by atoms with van der Waals surface area (Å²) in [5.41, 5.74) is 3.40. The average Bonchev–Trinajstić information content (AvgIpc) is 2.71. The maximum absolute atomic E-state index is 4.58. The van der Waals surface area contributed by atoms with Gasteiger partial charge in [-0.25, -0.2) is 0 Å². The fourth-order valence-corrected chi connectivity index (χ4v) is 2.94. The van der Waals surface area contributed by atoms with Crippen molar-refractivity contribution in [1.82, 2.24) is 15.2 Å². The van der Waals surface area contributed by atoms with Gasteiger partial charge in [-0.15, -0.1) is 5.10 Å². The molecule has 3 rings (SSSR count). The predicted octanol–water partition coefficient (Wildman–Crippen LogP) is 4.10. The first-order chi connectivity index (χ1) is 13.2. The SMILES string of the molecule is CCN(CC)c1ccc(Nc2cnnc(N(C)Cc3ccccc3)n2)cc1. The summed E-state index contributed by atoms with van der Waals surface area (Å²) < 4.78 is 0. The molecule has 6 heteroatoms. The molecule has 2 aromatic carbocycles. The van der Waals surface area contributed by atoms with Gasteiger partial charge in [-0.3, -0.25) is 0 Å². The minimum absolute atomic E-state index is 0.587. The highest BCUT2D eigenvalue weighted by Crippen LogP contribution is 2.21. The van der Waals surface area contributed by atoms with Gasteiger partial charge in [0.25, 0.3) is 0 Å².